The maximum Gasteiger partial charge on any atom is 0.162 e. The van der Waals surface area contributed by atoms with Crippen molar-refractivity contribution >= 4 is 10.9 Å². The fourth-order valence-electron chi connectivity index (χ4n) is 6.49. The van der Waals surface area contributed by atoms with E-state index in [0.29, 0.717) is 57.4 Å². The first-order valence-electron chi connectivity index (χ1n) is 15.2. The molecule has 2 N–H and O–H groups in total. The second-order valence-corrected chi connectivity index (χ2v) is 12.0. The number of likely N-dealkylation sites (tertiary alicyclic amines) is 1. The van der Waals surface area contributed by atoms with Crippen LogP contribution in [0.1, 0.15) is 54.9 Å². The number of aliphatic hydroxyl groups is 2. The number of benzene rings is 2. The molecule has 5 rings (SSSR count). The Kier molecular flexibility index (Phi) is 10.6. The Balaban J connectivity index is 1.22. The second kappa shape index (κ2) is 14.3. The van der Waals surface area contributed by atoms with Gasteiger partial charge in [-0.05, 0) is 105 Å². The Labute approximate surface area is 251 Å². The van der Waals surface area contributed by atoms with Crippen LogP contribution in [0.25, 0.3) is 10.9 Å². The van der Waals surface area contributed by atoms with Crippen LogP contribution in [0, 0.1) is 22.9 Å². The maximum atomic E-state index is 14.0. The zero-order valence-electron chi connectivity index (χ0n) is 24.8. The number of aromatic nitrogens is 1. The summed E-state index contributed by atoms with van der Waals surface area (Å²) in [7, 11) is 1.62. The molecule has 3 aromatic rings. The lowest BCUT2D eigenvalue weighted by atomic mass is 9.74. The molecule has 1 unspecified atom stereocenters. The summed E-state index contributed by atoms with van der Waals surface area (Å²) in [5.74, 6) is -2.20. The van der Waals surface area contributed by atoms with Crippen LogP contribution in [0.5, 0.6) is 5.75 Å². The van der Waals surface area contributed by atoms with E-state index in [0.717, 1.165) is 67.1 Å². The number of nitrogens with zero attached hydrogens (tertiary/aromatic N) is 3. The van der Waals surface area contributed by atoms with E-state index in [1.54, 1.807) is 7.11 Å². The molecular weight excluding hydrogens is 559 g/mol. The van der Waals surface area contributed by atoms with Crippen molar-refractivity contribution in [3.05, 3.63) is 70.7 Å². The van der Waals surface area contributed by atoms with Crippen LogP contribution < -0.4 is 4.74 Å². The number of morpholine rings is 1. The van der Waals surface area contributed by atoms with E-state index in [9.17, 15) is 23.4 Å². The zero-order valence-corrected chi connectivity index (χ0v) is 24.8. The van der Waals surface area contributed by atoms with Crippen LogP contribution in [0.2, 0.25) is 0 Å². The van der Waals surface area contributed by atoms with Crippen molar-refractivity contribution in [1.82, 2.24) is 14.8 Å². The van der Waals surface area contributed by atoms with Crippen molar-refractivity contribution in [2.24, 2.45) is 5.41 Å². The molecule has 0 bridgehead atoms. The number of fused-ring (bicyclic) bond motifs is 1. The average Bonchev–Trinajstić information content (AvgIpc) is 3.03. The molecule has 2 saturated heterocycles. The molecule has 0 spiro atoms. The summed E-state index contributed by atoms with van der Waals surface area (Å²) in [6.07, 6.45) is 4.66. The number of ether oxygens (including phenoxy) is 2. The monoisotopic (exact) mass is 601 g/mol. The Morgan fingerprint density at radius 3 is 2.51 bits per heavy atom. The normalized spacial score (nSPS) is 18.7. The lowest BCUT2D eigenvalue weighted by Gasteiger charge is -2.41. The Morgan fingerprint density at radius 2 is 1.79 bits per heavy atom. The van der Waals surface area contributed by atoms with Crippen LogP contribution in [0.15, 0.2) is 36.5 Å². The number of hydrogen-bond acceptors (Lipinski definition) is 7. The fraction of sp³-hybridized carbons (Fsp3) is 0.545. The number of halogens is 3. The third kappa shape index (κ3) is 7.67. The van der Waals surface area contributed by atoms with Gasteiger partial charge in [0.2, 0.25) is 0 Å². The molecule has 2 aromatic carbocycles. The topological polar surface area (TPSA) is 78.3 Å². The van der Waals surface area contributed by atoms with Gasteiger partial charge in [0.15, 0.2) is 11.6 Å². The fourth-order valence-corrected chi connectivity index (χ4v) is 6.49. The number of aliphatic hydroxyl groups excluding tert-OH is 2. The molecule has 3 heterocycles. The van der Waals surface area contributed by atoms with E-state index < -0.39 is 23.6 Å². The molecule has 0 aliphatic carbocycles. The zero-order chi connectivity index (χ0) is 30.4. The molecule has 2 aliphatic heterocycles. The number of hydrogen-bond donors (Lipinski definition) is 2. The summed E-state index contributed by atoms with van der Waals surface area (Å²) in [5.41, 5.74) is 2.40. The van der Waals surface area contributed by atoms with Crippen molar-refractivity contribution in [3.63, 3.8) is 0 Å². The van der Waals surface area contributed by atoms with Crippen molar-refractivity contribution in [3.8, 4) is 5.75 Å². The summed E-state index contributed by atoms with van der Waals surface area (Å²) in [6.45, 7) is 5.91. The smallest absolute Gasteiger partial charge is 0.162 e. The number of rotatable bonds is 12. The Bertz CT molecular complexity index is 1380. The van der Waals surface area contributed by atoms with Gasteiger partial charge in [-0.15, -0.1) is 0 Å². The summed E-state index contributed by atoms with van der Waals surface area (Å²) in [4.78, 5) is 9.25. The van der Waals surface area contributed by atoms with Crippen LogP contribution in [0.3, 0.4) is 0 Å². The minimum absolute atomic E-state index is 0.0346. The molecule has 7 nitrogen and oxygen atoms in total. The molecule has 0 amide bonds. The highest BCUT2D eigenvalue weighted by Gasteiger charge is 2.35. The molecule has 1 atom stereocenters. The van der Waals surface area contributed by atoms with E-state index in [4.69, 9.17) is 9.47 Å². The molecule has 0 saturated carbocycles. The third-order valence-electron chi connectivity index (χ3n) is 9.22. The van der Waals surface area contributed by atoms with Gasteiger partial charge in [0.1, 0.15) is 11.6 Å². The maximum absolute atomic E-state index is 14.0. The Hall–Kier alpha value is -2.76. The Morgan fingerprint density at radius 1 is 1.02 bits per heavy atom. The highest BCUT2D eigenvalue weighted by Crippen LogP contribution is 2.40. The molecule has 234 valence electrons. The van der Waals surface area contributed by atoms with Crippen LogP contribution in [0.4, 0.5) is 13.2 Å². The van der Waals surface area contributed by atoms with Gasteiger partial charge in [-0.2, -0.15) is 0 Å². The molecule has 1 aromatic heterocycles. The van der Waals surface area contributed by atoms with Gasteiger partial charge in [-0.3, -0.25) is 9.88 Å². The average molecular weight is 602 g/mol. The summed E-state index contributed by atoms with van der Waals surface area (Å²) < 4.78 is 52.1. The van der Waals surface area contributed by atoms with E-state index >= 15 is 0 Å². The molecule has 43 heavy (non-hydrogen) atoms. The van der Waals surface area contributed by atoms with Gasteiger partial charge in [0.05, 0.1) is 31.9 Å². The van der Waals surface area contributed by atoms with E-state index in [2.05, 4.69) is 14.8 Å². The van der Waals surface area contributed by atoms with E-state index in [-0.39, 0.29) is 24.0 Å². The summed E-state index contributed by atoms with van der Waals surface area (Å²) in [5, 5.41) is 23.0. The third-order valence-corrected chi connectivity index (χ3v) is 9.22. The molecule has 10 heteroatoms. The van der Waals surface area contributed by atoms with Crippen molar-refractivity contribution in [2.75, 3.05) is 59.7 Å². The first-order valence-corrected chi connectivity index (χ1v) is 15.2. The minimum atomic E-state index is -1.16. The van der Waals surface area contributed by atoms with E-state index in [1.165, 1.54) is 0 Å². The first kappa shape index (κ1) is 31.7. The molecule has 2 fully saturated rings. The van der Waals surface area contributed by atoms with Crippen molar-refractivity contribution in [1.29, 1.82) is 0 Å². The number of pyridine rings is 1. The first-order chi connectivity index (χ1) is 20.8. The minimum Gasteiger partial charge on any atom is -0.497 e. The largest absolute Gasteiger partial charge is 0.497 e. The van der Waals surface area contributed by atoms with Gasteiger partial charge in [0.25, 0.3) is 0 Å². The number of piperidine rings is 1. The van der Waals surface area contributed by atoms with Crippen LogP contribution in [-0.2, 0) is 17.7 Å². The predicted molar refractivity (Wildman–Crippen MR) is 158 cm³/mol. The predicted octanol–water partition coefficient (Wildman–Crippen LogP) is 5.01. The quantitative estimate of drug-likeness (QED) is 0.283. The van der Waals surface area contributed by atoms with Gasteiger partial charge in [-0.1, -0.05) is 0 Å². The summed E-state index contributed by atoms with van der Waals surface area (Å²) >= 11 is 0. The molecule has 2 aliphatic rings. The number of methoxy groups -OCH3 is 1. The van der Waals surface area contributed by atoms with Crippen molar-refractivity contribution in [2.45, 2.75) is 51.2 Å². The second-order valence-electron chi connectivity index (χ2n) is 12.0. The van der Waals surface area contributed by atoms with Gasteiger partial charge >= 0.3 is 0 Å². The SMILES string of the molecule is COc1ccc2ncc(CN3CCOCC3)c(C(O)CCC3(CO)CCN(CCCc4cc(F)cc(F)c4F)CC3)c2c1. The van der Waals surface area contributed by atoms with Gasteiger partial charge < -0.3 is 24.6 Å². The van der Waals surface area contributed by atoms with Crippen molar-refractivity contribution < 1.29 is 32.9 Å². The van der Waals surface area contributed by atoms with Gasteiger partial charge in [-0.25, -0.2) is 13.2 Å². The lowest BCUT2D eigenvalue weighted by Crippen LogP contribution is -2.42. The van der Waals surface area contributed by atoms with E-state index in [1.807, 2.05) is 24.4 Å². The number of aryl methyl sites for hydroxylation is 1. The van der Waals surface area contributed by atoms with Gasteiger partial charge in [0, 0.05) is 43.9 Å². The van der Waals surface area contributed by atoms with Crippen LogP contribution in [-0.4, -0.2) is 84.7 Å². The highest BCUT2D eigenvalue weighted by atomic mass is 19.2. The summed E-state index contributed by atoms with van der Waals surface area (Å²) in [6, 6.07) is 7.34. The standard InChI is InChI=1S/C33H42F3N3O4/c1-42-26-4-5-29-27(19-26)31(24(20-37-29)21-39-13-15-43-16-14-39)30(41)6-7-33(22-40)8-11-38(12-9-33)10-2-3-23-17-25(34)18-28(35)32(23)36/h4-5,17-20,30,40-41H,2-3,6-16,21-22H2,1H3. The molecular formula is C33H42F3N3O4. The lowest BCUT2D eigenvalue weighted by molar-refractivity contribution is 0.0227. The molecule has 0 radical (unpaired) electrons. The highest BCUT2D eigenvalue weighted by molar-refractivity contribution is 5.85. The van der Waals surface area contributed by atoms with Crippen LogP contribution >= 0.6 is 0 Å².